The Labute approximate surface area is 181 Å². The Bertz CT molecular complexity index is 1230. The van der Waals surface area contributed by atoms with Crippen molar-refractivity contribution in [3.63, 3.8) is 0 Å². The fourth-order valence-corrected chi connectivity index (χ4v) is 4.15. The number of hydrogen-bond acceptors (Lipinski definition) is 4. The number of halogens is 1. The highest BCUT2D eigenvalue weighted by Gasteiger charge is 2.21. The number of nitrogens with one attached hydrogen (secondary N) is 1. The quantitative estimate of drug-likeness (QED) is 0.469. The first-order valence-corrected chi connectivity index (χ1v) is 10.8. The highest BCUT2D eigenvalue weighted by molar-refractivity contribution is 6.30. The highest BCUT2D eigenvalue weighted by atomic mass is 35.5. The van der Waals surface area contributed by atoms with Crippen molar-refractivity contribution < 1.29 is 0 Å². The second kappa shape index (κ2) is 7.73. The van der Waals surface area contributed by atoms with Gasteiger partial charge in [-0.05, 0) is 80.5 Å². The lowest BCUT2D eigenvalue weighted by Gasteiger charge is -2.20. The van der Waals surface area contributed by atoms with Gasteiger partial charge in [0.2, 0.25) is 0 Å². The number of aromatic nitrogens is 4. The molecule has 1 aliphatic rings. The van der Waals surface area contributed by atoms with Gasteiger partial charge < -0.3 is 5.32 Å². The summed E-state index contributed by atoms with van der Waals surface area (Å²) in [6.45, 7) is 4.27. The standard InChI is InChI=1S/C24H24ClN5/c1-15-7-12-19(13-16(15)2)26-23-20-5-3-4-6-21(20)27-24-28-22(29-30(23)24)14-17-8-10-18(25)11-9-17/h7-13,26H,3-6,14H2,1-2H3. The summed E-state index contributed by atoms with van der Waals surface area (Å²) in [5.74, 6) is 2.41. The first-order valence-electron chi connectivity index (χ1n) is 10.4. The molecule has 2 heterocycles. The molecule has 1 aliphatic carbocycles. The van der Waals surface area contributed by atoms with Gasteiger partial charge >= 0.3 is 0 Å². The minimum Gasteiger partial charge on any atom is -0.340 e. The van der Waals surface area contributed by atoms with Crippen molar-refractivity contribution in [1.29, 1.82) is 0 Å². The first-order chi connectivity index (χ1) is 14.6. The van der Waals surface area contributed by atoms with Gasteiger partial charge in [-0.1, -0.05) is 29.8 Å². The van der Waals surface area contributed by atoms with Crippen LogP contribution in [0.3, 0.4) is 0 Å². The fraction of sp³-hybridized carbons (Fsp3) is 0.292. The number of hydrogen-bond donors (Lipinski definition) is 1. The van der Waals surface area contributed by atoms with Crippen LogP contribution >= 0.6 is 11.6 Å². The molecular weight excluding hydrogens is 394 g/mol. The topological polar surface area (TPSA) is 55.1 Å². The predicted molar refractivity (Wildman–Crippen MR) is 121 cm³/mol. The lowest BCUT2D eigenvalue weighted by molar-refractivity contribution is 0.662. The van der Waals surface area contributed by atoms with Crippen molar-refractivity contribution in [2.75, 3.05) is 5.32 Å². The van der Waals surface area contributed by atoms with Gasteiger partial charge in [0.25, 0.3) is 5.78 Å². The van der Waals surface area contributed by atoms with E-state index in [1.54, 1.807) is 0 Å². The molecule has 5 rings (SSSR count). The zero-order valence-electron chi connectivity index (χ0n) is 17.2. The number of anilines is 2. The molecule has 6 heteroatoms. The molecule has 1 N–H and O–H groups in total. The van der Waals surface area contributed by atoms with Gasteiger partial charge in [-0.2, -0.15) is 9.50 Å². The molecule has 0 spiro atoms. The molecule has 0 atom stereocenters. The summed E-state index contributed by atoms with van der Waals surface area (Å²) < 4.78 is 1.88. The SMILES string of the molecule is Cc1ccc(Nc2c3c(nc4nc(Cc5ccc(Cl)cc5)nn24)CCCC3)cc1C. The Morgan fingerprint density at radius 1 is 0.967 bits per heavy atom. The van der Waals surface area contributed by atoms with Crippen molar-refractivity contribution in [3.05, 3.63) is 81.3 Å². The van der Waals surface area contributed by atoms with Crippen LogP contribution in [0.2, 0.25) is 5.02 Å². The molecule has 2 aromatic heterocycles. The summed E-state index contributed by atoms with van der Waals surface area (Å²) in [5, 5.41) is 9.19. The van der Waals surface area contributed by atoms with Gasteiger partial charge in [0, 0.05) is 22.7 Å². The van der Waals surface area contributed by atoms with Gasteiger partial charge in [0.1, 0.15) is 5.82 Å². The van der Waals surface area contributed by atoms with Crippen molar-refractivity contribution >= 4 is 28.9 Å². The molecule has 5 nitrogen and oxygen atoms in total. The second-order valence-electron chi connectivity index (χ2n) is 8.06. The molecule has 0 radical (unpaired) electrons. The van der Waals surface area contributed by atoms with Gasteiger partial charge in [0.05, 0.1) is 5.69 Å². The van der Waals surface area contributed by atoms with Crippen molar-refractivity contribution in [2.24, 2.45) is 0 Å². The number of rotatable bonds is 4. The van der Waals surface area contributed by atoms with E-state index in [0.717, 1.165) is 46.5 Å². The summed E-state index contributed by atoms with van der Waals surface area (Å²) in [6, 6.07) is 14.3. The van der Waals surface area contributed by atoms with E-state index in [0.29, 0.717) is 12.2 Å². The van der Waals surface area contributed by atoms with Crippen LogP contribution in [0.25, 0.3) is 5.78 Å². The molecule has 152 valence electrons. The third-order valence-corrected chi connectivity index (χ3v) is 6.10. The smallest absolute Gasteiger partial charge is 0.254 e. The average molecular weight is 418 g/mol. The summed E-state index contributed by atoms with van der Waals surface area (Å²) in [4.78, 5) is 9.59. The van der Waals surface area contributed by atoms with E-state index in [1.165, 1.54) is 29.5 Å². The fourth-order valence-electron chi connectivity index (χ4n) is 4.03. The van der Waals surface area contributed by atoms with E-state index < -0.39 is 0 Å². The van der Waals surface area contributed by atoms with Crippen molar-refractivity contribution in [3.8, 4) is 0 Å². The van der Waals surface area contributed by atoms with Crippen LogP contribution in [0.1, 0.15) is 46.6 Å². The van der Waals surface area contributed by atoms with Gasteiger partial charge in [-0.3, -0.25) is 0 Å². The second-order valence-corrected chi connectivity index (χ2v) is 8.50. The van der Waals surface area contributed by atoms with E-state index in [4.69, 9.17) is 26.7 Å². The highest BCUT2D eigenvalue weighted by Crippen LogP contribution is 2.30. The maximum atomic E-state index is 6.02. The molecule has 30 heavy (non-hydrogen) atoms. The summed E-state index contributed by atoms with van der Waals surface area (Å²) >= 11 is 6.02. The maximum absolute atomic E-state index is 6.02. The summed E-state index contributed by atoms with van der Waals surface area (Å²) in [6.07, 6.45) is 5.00. The average Bonchev–Trinajstić information content (AvgIpc) is 3.14. The first kappa shape index (κ1) is 19.1. The van der Waals surface area contributed by atoms with E-state index in [9.17, 15) is 0 Å². The van der Waals surface area contributed by atoms with Crippen molar-refractivity contribution in [1.82, 2.24) is 19.6 Å². The van der Waals surface area contributed by atoms with Crippen LogP contribution in [0.4, 0.5) is 11.5 Å². The van der Waals surface area contributed by atoms with Crippen LogP contribution in [0, 0.1) is 13.8 Å². The summed E-state index contributed by atoms with van der Waals surface area (Å²) in [7, 11) is 0. The predicted octanol–water partition coefficient (Wildman–Crippen LogP) is 5.61. The van der Waals surface area contributed by atoms with E-state index in [2.05, 4.69) is 37.4 Å². The number of benzene rings is 2. The molecule has 0 bridgehead atoms. The van der Waals surface area contributed by atoms with Crippen LogP contribution in [0.15, 0.2) is 42.5 Å². The zero-order chi connectivity index (χ0) is 20.7. The minimum absolute atomic E-state index is 0.647. The molecule has 0 unspecified atom stereocenters. The molecule has 0 amide bonds. The molecule has 0 aliphatic heterocycles. The Hall–Kier alpha value is -2.92. The van der Waals surface area contributed by atoms with Crippen LogP contribution < -0.4 is 5.32 Å². The van der Waals surface area contributed by atoms with Crippen molar-refractivity contribution in [2.45, 2.75) is 46.0 Å². The number of aryl methyl sites for hydroxylation is 3. The number of nitrogens with zero attached hydrogens (tertiary/aromatic N) is 4. The van der Waals surface area contributed by atoms with Crippen LogP contribution in [-0.2, 0) is 19.3 Å². The largest absolute Gasteiger partial charge is 0.340 e. The molecule has 2 aromatic carbocycles. The monoisotopic (exact) mass is 417 g/mol. The molecule has 0 fully saturated rings. The molecule has 4 aromatic rings. The third kappa shape index (κ3) is 3.65. The molecular formula is C24H24ClN5. The third-order valence-electron chi connectivity index (χ3n) is 5.85. The molecule has 0 saturated heterocycles. The lowest BCUT2D eigenvalue weighted by Crippen LogP contribution is -2.13. The number of fused-ring (bicyclic) bond motifs is 2. The Morgan fingerprint density at radius 3 is 2.57 bits per heavy atom. The Morgan fingerprint density at radius 2 is 1.77 bits per heavy atom. The van der Waals surface area contributed by atoms with E-state index in [-0.39, 0.29) is 0 Å². The van der Waals surface area contributed by atoms with E-state index in [1.807, 2.05) is 28.8 Å². The normalized spacial score (nSPS) is 13.4. The van der Waals surface area contributed by atoms with E-state index >= 15 is 0 Å². The molecule has 0 saturated carbocycles. The van der Waals surface area contributed by atoms with Gasteiger partial charge in [0.15, 0.2) is 5.82 Å². The van der Waals surface area contributed by atoms with Gasteiger partial charge in [-0.25, -0.2) is 4.98 Å². The lowest BCUT2D eigenvalue weighted by atomic mass is 9.96. The minimum atomic E-state index is 0.647. The van der Waals surface area contributed by atoms with Crippen LogP contribution in [-0.4, -0.2) is 19.6 Å². The Kier molecular flexibility index (Phi) is 4.91. The maximum Gasteiger partial charge on any atom is 0.254 e. The van der Waals surface area contributed by atoms with Gasteiger partial charge in [-0.15, -0.1) is 5.10 Å². The summed E-state index contributed by atoms with van der Waals surface area (Å²) in [5.41, 5.74) is 7.15. The van der Waals surface area contributed by atoms with Crippen LogP contribution in [0.5, 0.6) is 0 Å². The zero-order valence-corrected chi connectivity index (χ0v) is 18.0. The Balaban J connectivity index is 1.58.